The Morgan fingerprint density at radius 2 is 1.79 bits per heavy atom. The minimum atomic E-state index is -3.96. The van der Waals surface area contributed by atoms with Crippen LogP contribution in [0.5, 0.6) is 0 Å². The fourth-order valence-electron chi connectivity index (χ4n) is 2.31. The molecule has 1 heterocycles. The molecule has 5 nitrogen and oxygen atoms in total. The van der Waals surface area contributed by atoms with Crippen LogP contribution in [0, 0.1) is 5.82 Å². The highest BCUT2D eigenvalue weighted by Gasteiger charge is 2.20. The Labute approximate surface area is 138 Å². The predicted octanol–water partition coefficient (Wildman–Crippen LogP) is 2.54. The van der Waals surface area contributed by atoms with Gasteiger partial charge in [-0.3, -0.25) is 9.78 Å². The van der Waals surface area contributed by atoms with Crippen molar-refractivity contribution >= 4 is 26.7 Å². The van der Waals surface area contributed by atoms with Gasteiger partial charge in [0, 0.05) is 11.6 Å². The first-order valence-electron chi connectivity index (χ1n) is 7.10. The third kappa shape index (κ3) is 3.17. The Bertz CT molecular complexity index is 1010. The van der Waals surface area contributed by atoms with Gasteiger partial charge in [0.1, 0.15) is 10.7 Å². The molecule has 0 aliphatic rings. The van der Waals surface area contributed by atoms with Crippen molar-refractivity contribution in [1.29, 1.82) is 0 Å². The van der Waals surface area contributed by atoms with Crippen LogP contribution in [0.1, 0.15) is 10.4 Å². The minimum absolute atomic E-state index is 0.0260. The summed E-state index contributed by atoms with van der Waals surface area (Å²) < 4.78 is 40.7. The number of halogens is 1. The molecule has 0 amide bonds. The maximum atomic E-state index is 13.6. The van der Waals surface area contributed by atoms with Gasteiger partial charge in [-0.25, -0.2) is 17.5 Å². The van der Waals surface area contributed by atoms with Gasteiger partial charge in [-0.05, 0) is 24.3 Å². The van der Waals surface area contributed by atoms with E-state index in [0.29, 0.717) is 10.9 Å². The number of carbonyl (C=O) groups is 1. The predicted molar refractivity (Wildman–Crippen MR) is 87.7 cm³/mol. The van der Waals surface area contributed by atoms with Gasteiger partial charge in [-0.1, -0.05) is 30.3 Å². The smallest absolute Gasteiger partial charge is 0.243 e. The molecular formula is C17H13FN2O3S. The summed E-state index contributed by atoms with van der Waals surface area (Å²) in [5, 5.41) is 0.667. The summed E-state index contributed by atoms with van der Waals surface area (Å²) in [4.78, 5) is 16.1. The lowest BCUT2D eigenvalue weighted by Gasteiger charge is -2.09. The number of sulfonamides is 1. The van der Waals surface area contributed by atoms with Crippen molar-refractivity contribution in [1.82, 2.24) is 9.71 Å². The molecule has 2 aromatic carbocycles. The third-order valence-electron chi connectivity index (χ3n) is 3.48. The van der Waals surface area contributed by atoms with E-state index < -0.39 is 28.2 Å². The maximum absolute atomic E-state index is 13.6. The molecule has 122 valence electrons. The standard InChI is InChI=1S/C17H13FN2O3S/c18-14-8-2-1-7-13(14)15(21)11-20-24(22,23)16-9-3-5-12-6-4-10-19-17(12)16/h1-10,20H,11H2. The van der Waals surface area contributed by atoms with Gasteiger partial charge in [0.2, 0.25) is 10.0 Å². The Hall–Kier alpha value is -2.64. The van der Waals surface area contributed by atoms with Gasteiger partial charge in [-0.15, -0.1) is 0 Å². The summed E-state index contributed by atoms with van der Waals surface area (Å²) in [5.41, 5.74) is 0.155. The molecule has 0 saturated carbocycles. The summed E-state index contributed by atoms with van der Waals surface area (Å²) in [6.07, 6.45) is 1.49. The number of pyridine rings is 1. The lowest BCUT2D eigenvalue weighted by Crippen LogP contribution is -2.30. The van der Waals surface area contributed by atoms with Gasteiger partial charge in [0.25, 0.3) is 0 Å². The number of Topliss-reactive ketones (excluding diaryl/α,β-unsaturated/α-hetero) is 1. The summed E-state index contributed by atoms with van der Waals surface area (Å²) in [6, 6.07) is 13.6. The lowest BCUT2D eigenvalue weighted by atomic mass is 10.1. The molecule has 0 fully saturated rings. The van der Waals surface area contributed by atoms with Crippen molar-refractivity contribution in [2.75, 3.05) is 6.54 Å². The summed E-state index contributed by atoms with van der Waals surface area (Å²) in [5.74, 6) is -1.33. The largest absolute Gasteiger partial charge is 0.293 e. The fraction of sp³-hybridized carbons (Fsp3) is 0.0588. The van der Waals surface area contributed by atoms with Gasteiger partial charge in [-0.2, -0.15) is 0 Å². The SMILES string of the molecule is O=C(CNS(=O)(=O)c1cccc2cccnc12)c1ccccc1F. The van der Waals surface area contributed by atoms with Crippen LogP contribution in [-0.4, -0.2) is 25.7 Å². The Balaban J connectivity index is 1.86. The summed E-state index contributed by atoms with van der Waals surface area (Å²) in [7, 11) is -3.96. The van der Waals surface area contributed by atoms with Crippen molar-refractivity contribution in [2.24, 2.45) is 0 Å². The average Bonchev–Trinajstić information content (AvgIpc) is 2.59. The zero-order valence-electron chi connectivity index (χ0n) is 12.4. The van der Waals surface area contributed by atoms with E-state index in [0.717, 1.165) is 6.07 Å². The summed E-state index contributed by atoms with van der Waals surface area (Å²) in [6.45, 7) is -0.535. The maximum Gasteiger partial charge on any atom is 0.243 e. The number of nitrogens with one attached hydrogen (secondary N) is 1. The number of nitrogens with zero attached hydrogens (tertiary/aromatic N) is 1. The van der Waals surface area contributed by atoms with Gasteiger partial charge >= 0.3 is 0 Å². The number of para-hydroxylation sites is 1. The molecule has 3 rings (SSSR count). The van der Waals surface area contributed by atoms with Gasteiger partial charge in [0.15, 0.2) is 5.78 Å². The number of carbonyl (C=O) groups excluding carboxylic acids is 1. The number of fused-ring (bicyclic) bond motifs is 1. The first kappa shape index (κ1) is 16.2. The van der Waals surface area contributed by atoms with Crippen molar-refractivity contribution in [3.05, 3.63) is 72.2 Å². The molecule has 7 heteroatoms. The fourth-order valence-corrected chi connectivity index (χ4v) is 3.47. The zero-order valence-corrected chi connectivity index (χ0v) is 13.3. The van der Waals surface area contributed by atoms with Crippen LogP contribution in [0.25, 0.3) is 10.9 Å². The molecule has 0 radical (unpaired) electrons. The highest BCUT2D eigenvalue weighted by atomic mass is 32.2. The molecular weight excluding hydrogens is 331 g/mol. The van der Waals surface area contributed by atoms with Crippen molar-refractivity contribution < 1.29 is 17.6 Å². The van der Waals surface area contributed by atoms with E-state index in [2.05, 4.69) is 9.71 Å². The third-order valence-corrected chi connectivity index (χ3v) is 4.92. The van der Waals surface area contributed by atoms with Crippen LogP contribution in [0.4, 0.5) is 4.39 Å². The second-order valence-corrected chi connectivity index (χ2v) is 6.79. The number of hydrogen-bond acceptors (Lipinski definition) is 4. The highest BCUT2D eigenvalue weighted by Crippen LogP contribution is 2.20. The Morgan fingerprint density at radius 3 is 2.58 bits per heavy atom. The van der Waals surface area contributed by atoms with Crippen molar-refractivity contribution in [2.45, 2.75) is 4.90 Å². The quantitative estimate of drug-likeness (QED) is 0.722. The molecule has 1 aromatic heterocycles. The van der Waals surface area contributed by atoms with Crippen LogP contribution in [0.2, 0.25) is 0 Å². The van der Waals surface area contributed by atoms with E-state index in [1.54, 1.807) is 24.3 Å². The Morgan fingerprint density at radius 1 is 1.04 bits per heavy atom. The monoisotopic (exact) mass is 344 g/mol. The molecule has 0 unspecified atom stereocenters. The molecule has 0 atom stereocenters. The number of benzene rings is 2. The number of rotatable bonds is 5. The number of aromatic nitrogens is 1. The first-order valence-corrected chi connectivity index (χ1v) is 8.58. The van der Waals surface area contributed by atoms with E-state index in [4.69, 9.17) is 0 Å². The second kappa shape index (κ2) is 6.46. The van der Waals surface area contributed by atoms with Gasteiger partial charge in [0.05, 0.1) is 17.6 Å². The van der Waals surface area contributed by atoms with Crippen LogP contribution >= 0.6 is 0 Å². The van der Waals surface area contributed by atoms with Crippen molar-refractivity contribution in [3.63, 3.8) is 0 Å². The van der Waals surface area contributed by atoms with Crippen LogP contribution in [0.15, 0.2) is 65.7 Å². The lowest BCUT2D eigenvalue weighted by molar-refractivity contribution is 0.0993. The van der Waals surface area contributed by atoms with E-state index in [-0.39, 0.29) is 10.5 Å². The molecule has 0 spiro atoms. The normalized spacial score (nSPS) is 11.5. The van der Waals surface area contributed by atoms with Crippen LogP contribution in [0.3, 0.4) is 0 Å². The summed E-state index contributed by atoms with van der Waals surface area (Å²) >= 11 is 0. The molecule has 0 aliphatic heterocycles. The minimum Gasteiger partial charge on any atom is -0.293 e. The molecule has 0 saturated heterocycles. The van der Waals surface area contributed by atoms with Gasteiger partial charge < -0.3 is 0 Å². The Kier molecular flexibility index (Phi) is 4.37. The van der Waals surface area contributed by atoms with E-state index >= 15 is 0 Å². The zero-order chi connectivity index (χ0) is 17.2. The average molecular weight is 344 g/mol. The highest BCUT2D eigenvalue weighted by molar-refractivity contribution is 7.89. The van der Waals surface area contributed by atoms with E-state index in [9.17, 15) is 17.6 Å². The second-order valence-electron chi connectivity index (χ2n) is 5.06. The molecule has 1 N–H and O–H groups in total. The number of ketones is 1. The molecule has 3 aromatic rings. The molecule has 0 aliphatic carbocycles. The van der Waals surface area contributed by atoms with E-state index in [1.807, 2.05) is 0 Å². The first-order chi connectivity index (χ1) is 11.5. The topological polar surface area (TPSA) is 76.1 Å². The van der Waals surface area contributed by atoms with Crippen molar-refractivity contribution in [3.8, 4) is 0 Å². The number of hydrogen-bond donors (Lipinski definition) is 1. The van der Waals surface area contributed by atoms with Crippen LogP contribution in [-0.2, 0) is 10.0 Å². The van der Waals surface area contributed by atoms with E-state index in [1.165, 1.54) is 30.5 Å². The molecule has 0 bridgehead atoms. The molecule has 24 heavy (non-hydrogen) atoms. The van der Waals surface area contributed by atoms with Crippen LogP contribution < -0.4 is 4.72 Å².